The molecule has 1 aromatic carbocycles. The molecule has 2 fully saturated rings. The van der Waals surface area contributed by atoms with E-state index in [1.54, 1.807) is 0 Å². The van der Waals surface area contributed by atoms with Crippen LogP contribution in [0, 0.1) is 11.8 Å². The Bertz CT molecular complexity index is 932. The smallest absolute Gasteiger partial charge is 0.177 e. The maximum absolute atomic E-state index is 5.05. The van der Waals surface area contributed by atoms with Crippen LogP contribution >= 0.6 is 0 Å². The number of nitrogens with zero attached hydrogens (tertiary/aromatic N) is 4. The Morgan fingerprint density at radius 3 is 2.48 bits per heavy atom. The highest BCUT2D eigenvalue weighted by Crippen LogP contribution is 2.46. The van der Waals surface area contributed by atoms with E-state index in [0.717, 1.165) is 30.4 Å². The molecule has 4 nitrogen and oxygen atoms in total. The molecule has 0 amide bonds. The second-order valence-electron chi connectivity index (χ2n) is 8.49. The Hall–Kier alpha value is -2.20. The lowest BCUT2D eigenvalue weighted by Gasteiger charge is -2.17. The number of imidazole rings is 1. The lowest BCUT2D eigenvalue weighted by atomic mass is 10.0. The van der Waals surface area contributed by atoms with Crippen LogP contribution in [0.25, 0.3) is 11.2 Å². The first kappa shape index (κ1) is 16.9. The predicted octanol–water partition coefficient (Wildman–Crippen LogP) is 4.10. The van der Waals surface area contributed by atoms with Crippen LogP contribution in [-0.2, 0) is 13.0 Å². The van der Waals surface area contributed by atoms with Gasteiger partial charge in [-0.25, -0.2) is 9.97 Å². The normalized spacial score (nSPS) is 25.3. The van der Waals surface area contributed by atoms with Crippen LogP contribution in [0.3, 0.4) is 0 Å². The molecule has 0 N–H and O–H groups in total. The zero-order chi connectivity index (χ0) is 18.4. The summed E-state index contributed by atoms with van der Waals surface area (Å²) in [6.45, 7) is 5.57. The van der Waals surface area contributed by atoms with Gasteiger partial charge in [-0.2, -0.15) is 0 Å². The van der Waals surface area contributed by atoms with Crippen molar-refractivity contribution < 1.29 is 0 Å². The number of hydrogen-bond donors (Lipinski definition) is 0. The summed E-state index contributed by atoms with van der Waals surface area (Å²) in [5.74, 6) is 3.50. The van der Waals surface area contributed by atoms with E-state index >= 15 is 0 Å². The van der Waals surface area contributed by atoms with Gasteiger partial charge >= 0.3 is 0 Å². The summed E-state index contributed by atoms with van der Waals surface area (Å²) >= 11 is 0. The van der Waals surface area contributed by atoms with Gasteiger partial charge in [0, 0.05) is 31.7 Å². The van der Waals surface area contributed by atoms with Gasteiger partial charge < -0.3 is 9.47 Å². The van der Waals surface area contributed by atoms with E-state index < -0.39 is 0 Å². The molecule has 4 heteroatoms. The molecule has 1 aliphatic heterocycles. The molecule has 27 heavy (non-hydrogen) atoms. The third kappa shape index (κ3) is 3.06. The number of hydrogen-bond acceptors (Lipinski definition) is 3. The average molecular weight is 361 g/mol. The van der Waals surface area contributed by atoms with Crippen molar-refractivity contribution in [3.05, 3.63) is 59.5 Å². The average Bonchev–Trinajstić information content (AvgIpc) is 3.33. The van der Waals surface area contributed by atoms with Gasteiger partial charge in [0.15, 0.2) is 5.65 Å². The zero-order valence-electron chi connectivity index (χ0n) is 16.3. The third-order valence-corrected chi connectivity index (χ3v) is 6.58. The second-order valence-corrected chi connectivity index (χ2v) is 8.49. The Morgan fingerprint density at radius 2 is 1.78 bits per heavy atom. The van der Waals surface area contributed by atoms with E-state index in [0.29, 0.717) is 5.92 Å². The monoisotopic (exact) mass is 360 g/mol. The molecule has 140 valence electrons. The van der Waals surface area contributed by atoms with Crippen LogP contribution in [0.2, 0.25) is 0 Å². The molecule has 1 saturated carbocycles. The van der Waals surface area contributed by atoms with E-state index in [9.17, 15) is 0 Å². The lowest BCUT2D eigenvalue weighted by molar-refractivity contribution is 0.368. The largest absolute Gasteiger partial charge is 0.322 e. The van der Waals surface area contributed by atoms with Gasteiger partial charge in [0.25, 0.3) is 0 Å². The highest BCUT2D eigenvalue weighted by atomic mass is 15.1. The molecule has 3 aromatic rings. The number of fused-ring (bicyclic) bond motifs is 2. The third-order valence-electron chi connectivity index (χ3n) is 6.58. The summed E-state index contributed by atoms with van der Waals surface area (Å²) in [6, 6.07) is 13.1. The first-order valence-electron chi connectivity index (χ1n) is 10.3. The van der Waals surface area contributed by atoms with E-state index in [2.05, 4.69) is 59.8 Å². The number of aryl methyl sites for hydroxylation is 1. The van der Waals surface area contributed by atoms with Crippen molar-refractivity contribution >= 4 is 11.2 Å². The number of benzene rings is 1. The standard InChI is InChI=1S/C23H28N4/c1-3-16-9-21-22(24-12-16)25-23(27(21)13-17-7-5-4-6-8-17)18-10-19-14-26(2)15-20(19)11-18/h4-9,12,18-20H,3,10-11,13-15H2,1-2H3/t18?,19-,20+. The Labute approximate surface area is 161 Å². The van der Waals surface area contributed by atoms with Crippen LogP contribution in [0.5, 0.6) is 0 Å². The van der Waals surface area contributed by atoms with Crippen molar-refractivity contribution in [3.8, 4) is 0 Å². The van der Waals surface area contributed by atoms with Crippen molar-refractivity contribution in [1.82, 2.24) is 19.4 Å². The number of aromatic nitrogens is 3. The molecule has 2 aliphatic rings. The maximum atomic E-state index is 5.05. The van der Waals surface area contributed by atoms with Gasteiger partial charge in [0.1, 0.15) is 5.82 Å². The number of pyridine rings is 1. The van der Waals surface area contributed by atoms with Gasteiger partial charge in [-0.05, 0) is 55.3 Å². The van der Waals surface area contributed by atoms with Crippen molar-refractivity contribution in [2.45, 2.75) is 38.6 Å². The predicted molar refractivity (Wildman–Crippen MR) is 109 cm³/mol. The van der Waals surface area contributed by atoms with E-state index in [1.165, 1.54) is 48.4 Å². The van der Waals surface area contributed by atoms with Crippen LogP contribution in [0.4, 0.5) is 0 Å². The topological polar surface area (TPSA) is 34.0 Å². The molecule has 1 unspecified atom stereocenters. The minimum Gasteiger partial charge on any atom is -0.322 e. The molecule has 1 saturated heterocycles. The fourth-order valence-corrected chi connectivity index (χ4v) is 5.25. The lowest BCUT2D eigenvalue weighted by Crippen LogP contribution is -2.17. The first-order valence-corrected chi connectivity index (χ1v) is 10.3. The first-order chi connectivity index (χ1) is 13.2. The van der Waals surface area contributed by atoms with Crippen molar-refractivity contribution in [1.29, 1.82) is 0 Å². The molecule has 5 rings (SSSR count). The molecule has 0 spiro atoms. The molecular formula is C23H28N4. The molecule has 3 heterocycles. The molecule has 1 aliphatic carbocycles. The molecule has 0 bridgehead atoms. The van der Waals surface area contributed by atoms with Crippen LogP contribution in [0.15, 0.2) is 42.6 Å². The van der Waals surface area contributed by atoms with Gasteiger partial charge in [-0.3, -0.25) is 0 Å². The SMILES string of the molecule is CCc1cnc2nc(C3C[C@@H]4CN(C)C[C@@H]4C3)n(Cc3ccccc3)c2c1. The maximum Gasteiger partial charge on any atom is 0.177 e. The number of rotatable bonds is 4. The minimum absolute atomic E-state index is 0.566. The van der Waals surface area contributed by atoms with Crippen molar-refractivity contribution in [2.75, 3.05) is 20.1 Å². The van der Waals surface area contributed by atoms with Gasteiger partial charge in [-0.1, -0.05) is 37.3 Å². The fourth-order valence-electron chi connectivity index (χ4n) is 5.25. The van der Waals surface area contributed by atoms with Crippen molar-refractivity contribution in [3.63, 3.8) is 0 Å². The Balaban J connectivity index is 1.56. The summed E-state index contributed by atoms with van der Waals surface area (Å²) in [5.41, 5.74) is 4.72. The highest BCUT2D eigenvalue weighted by molar-refractivity contribution is 5.72. The van der Waals surface area contributed by atoms with Crippen LogP contribution in [-0.4, -0.2) is 39.6 Å². The Morgan fingerprint density at radius 1 is 1.04 bits per heavy atom. The fraction of sp³-hybridized carbons (Fsp3) is 0.478. The zero-order valence-corrected chi connectivity index (χ0v) is 16.3. The van der Waals surface area contributed by atoms with E-state index in [1.807, 2.05) is 6.20 Å². The highest BCUT2D eigenvalue weighted by Gasteiger charge is 2.41. The Kier molecular flexibility index (Phi) is 4.24. The molecule has 3 atom stereocenters. The summed E-state index contributed by atoms with van der Waals surface area (Å²) in [5, 5.41) is 0. The van der Waals surface area contributed by atoms with E-state index in [-0.39, 0.29) is 0 Å². The summed E-state index contributed by atoms with van der Waals surface area (Å²) in [4.78, 5) is 12.2. The van der Waals surface area contributed by atoms with Crippen LogP contribution in [0.1, 0.15) is 42.6 Å². The number of likely N-dealkylation sites (tertiary alicyclic amines) is 1. The molecule has 0 radical (unpaired) electrons. The molecule has 2 aromatic heterocycles. The van der Waals surface area contributed by atoms with Crippen molar-refractivity contribution in [2.24, 2.45) is 11.8 Å². The second kappa shape index (κ2) is 6.75. The van der Waals surface area contributed by atoms with Crippen LogP contribution < -0.4 is 0 Å². The summed E-state index contributed by atoms with van der Waals surface area (Å²) < 4.78 is 2.45. The minimum atomic E-state index is 0.566. The summed E-state index contributed by atoms with van der Waals surface area (Å²) in [6.07, 6.45) is 5.54. The van der Waals surface area contributed by atoms with Gasteiger partial charge in [0.2, 0.25) is 0 Å². The quantitative estimate of drug-likeness (QED) is 0.702. The molecular weight excluding hydrogens is 332 g/mol. The van der Waals surface area contributed by atoms with Gasteiger partial charge in [-0.15, -0.1) is 0 Å². The summed E-state index contributed by atoms with van der Waals surface area (Å²) in [7, 11) is 2.26. The van der Waals surface area contributed by atoms with Gasteiger partial charge in [0.05, 0.1) is 5.52 Å². The van der Waals surface area contributed by atoms with E-state index in [4.69, 9.17) is 9.97 Å².